The summed E-state index contributed by atoms with van der Waals surface area (Å²) in [6, 6.07) is 0. The van der Waals surface area contributed by atoms with Crippen LogP contribution in [0.15, 0.2) is 18.3 Å². The number of imidazole rings is 1. The van der Waals surface area contributed by atoms with Gasteiger partial charge >= 0.3 is 11.1 Å². The normalized spacial score (nSPS) is 13.3. The number of hydrogen-bond acceptors (Lipinski definition) is 3. The molecule has 0 aliphatic carbocycles. The average Bonchev–Trinajstić information content (AvgIpc) is 2.57. The molecule has 1 heterocycles. The summed E-state index contributed by atoms with van der Waals surface area (Å²) >= 11 is 12.3. The van der Waals surface area contributed by atoms with Gasteiger partial charge in [0.15, 0.2) is 0 Å². The van der Waals surface area contributed by atoms with Crippen LogP contribution in [0.4, 0.5) is 5.82 Å². The van der Waals surface area contributed by atoms with Gasteiger partial charge in [0.25, 0.3) is 0 Å². The van der Waals surface area contributed by atoms with Crippen LogP contribution >= 0.6 is 43.5 Å². The summed E-state index contributed by atoms with van der Waals surface area (Å²) in [5.74, 6) is -0.267. The molecule has 0 radical (unpaired) electrons. The van der Waals surface area contributed by atoms with Crippen LogP contribution in [0.25, 0.3) is 0 Å². The Morgan fingerprint density at radius 3 is 2.93 bits per heavy atom. The average molecular weight is 359 g/mol. The molecule has 82 valence electrons. The Morgan fingerprint density at radius 2 is 2.47 bits per heavy atom. The van der Waals surface area contributed by atoms with Crippen molar-refractivity contribution in [3.63, 3.8) is 0 Å². The van der Waals surface area contributed by atoms with E-state index in [2.05, 4.69) is 36.8 Å². The number of nitrogens with zero attached hydrogens (tertiary/aromatic N) is 3. The Balaban J connectivity index is 2.94. The molecule has 0 saturated carbocycles. The molecule has 0 amide bonds. The molecule has 1 atom stereocenters. The first kappa shape index (κ1) is 12.7. The topological polar surface area (TPSA) is 61.0 Å². The molecule has 0 spiro atoms. The van der Waals surface area contributed by atoms with E-state index in [0.717, 1.165) is 0 Å². The van der Waals surface area contributed by atoms with Crippen LogP contribution in [0.3, 0.4) is 0 Å². The lowest BCUT2D eigenvalue weighted by molar-refractivity contribution is -0.389. The van der Waals surface area contributed by atoms with Gasteiger partial charge in [-0.1, -0.05) is 44.0 Å². The zero-order valence-electron chi connectivity index (χ0n) is 7.31. The molecule has 0 aromatic carbocycles. The summed E-state index contributed by atoms with van der Waals surface area (Å²) in [6.45, 7) is 0. The van der Waals surface area contributed by atoms with Crippen molar-refractivity contribution < 1.29 is 4.92 Å². The Bertz CT molecular complexity index is 394. The van der Waals surface area contributed by atoms with Crippen LogP contribution in [0.2, 0.25) is 5.28 Å². The van der Waals surface area contributed by atoms with E-state index < -0.39 is 4.92 Å². The van der Waals surface area contributed by atoms with Crippen molar-refractivity contribution in [2.24, 2.45) is 0 Å². The monoisotopic (exact) mass is 357 g/mol. The van der Waals surface area contributed by atoms with Gasteiger partial charge in [0, 0.05) is 5.33 Å². The van der Waals surface area contributed by atoms with Crippen molar-refractivity contribution in [3.8, 4) is 0 Å². The molecule has 0 aliphatic rings. The minimum atomic E-state index is -0.587. The minimum absolute atomic E-state index is 0.0720. The second kappa shape index (κ2) is 5.62. The van der Waals surface area contributed by atoms with Crippen LogP contribution < -0.4 is 0 Å². The molecular weight excluding hydrogens is 353 g/mol. The van der Waals surface area contributed by atoms with Crippen LogP contribution in [-0.2, 0) is 0 Å². The zero-order valence-corrected chi connectivity index (χ0v) is 11.2. The number of nitro groups is 1. The lowest BCUT2D eigenvalue weighted by atomic mass is 10.5. The predicted octanol–water partition coefficient (Wildman–Crippen LogP) is 3.29. The highest BCUT2D eigenvalue weighted by Gasteiger charge is 2.19. The van der Waals surface area contributed by atoms with E-state index in [1.807, 2.05) is 6.08 Å². The standard InChI is InChI=1S/C7H6Br2ClN3O2/c8-3-1-2-5(9)12-4-6(13(14)15)11-7(12)10/h1-2,4-5H,3H2. The number of hydrogen-bond donors (Lipinski definition) is 0. The van der Waals surface area contributed by atoms with E-state index in [9.17, 15) is 10.1 Å². The van der Waals surface area contributed by atoms with Gasteiger partial charge in [-0.05, 0) is 21.5 Å². The third kappa shape index (κ3) is 3.29. The summed E-state index contributed by atoms with van der Waals surface area (Å²) in [5.41, 5.74) is 0. The Morgan fingerprint density at radius 1 is 1.80 bits per heavy atom. The summed E-state index contributed by atoms with van der Waals surface area (Å²) in [6.07, 6.45) is 4.92. The van der Waals surface area contributed by atoms with E-state index in [0.29, 0.717) is 5.33 Å². The van der Waals surface area contributed by atoms with Crippen molar-refractivity contribution in [2.45, 2.75) is 4.95 Å². The molecule has 0 bridgehead atoms. The van der Waals surface area contributed by atoms with Crippen LogP contribution in [-0.4, -0.2) is 19.8 Å². The third-order valence-corrected chi connectivity index (χ3v) is 2.91. The van der Waals surface area contributed by atoms with Crippen LogP contribution in [0, 0.1) is 10.1 Å². The van der Waals surface area contributed by atoms with E-state index in [1.165, 1.54) is 10.8 Å². The fourth-order valence-corrected chi connectivity index (χ4v) is 1.98. The molecule has 0 saturated heterocycles. The van der Waals surface area contributed by atoms with Crippen molar-refractivity contribution in [1.29, 1.82) is 0 Å². The van der Waals surface area contributed by atoms with Gasteiger partial charge in [-0.15, -0.1) is 0 Å². The molecule has 1 aromatic rings. The highest BCUT2D eigenvalue weighted by molar-refractivity contribution is 9.09. The maximum absolute atomic E-state index is 10.4. The van der Waals surface area contributed by atoms with Gasteiger partial charge in [-0.25, -0.2) is 0 Å². The van der Waals surface area contributed by atoms with E-state index in [4.69, 9.17) is 11.6 Å². The van der Waals surface area contributed by atoms with E-state index >= 15 is 0 Å². The summed E-state index contributed by atoms with van der Waals surface area (Å²) in [5, 5.41) is 11.2. The molecule has 8 heteroatoms. The number of aromatic nitrogens is 2. The van der Waals surface area contributed by atoms with Gasteiger partial charge in [-0.3, -0.25) is 4.57 Å². The molecule has 0 aliphatic heterocycles. The molecule has 15 heavy (non-hydrogen) atoms. The first-order valence-corrected chi connectivity index (χ1v) is 6.23. The number of allylic oxidation sites excluding steroid dienone is 2. The van der Waals surface area contributed by atoms with Gasteiger partial charge in [0.2, 0.25) is 0 Å². The molecule has 0 fully saturated rings. The van der Waals surface area contributed by atoms with Crippen molar-refractivity contribution in [3.05, 3.63) is 33.7 Å². The van der Waals surface area contributed by atoms with Gasteiger partial charge in [0.1, 0.15) is 11.1 Å². The molecule has 5 nitrogen and oxygen atoms in total. The van der Waals surface area contributed by atoms with E-state index in [1.54, 1.807) is 6.08 Å². The van der Waals surface area contributed by atoms with Crippen LogP contribution in [0.1, 0.15) is 4.95 Å². The van der Waals surface area contributed by atoms with Crippen molar-refractivity contribution >= 4 is 49.3 Å². The smallest absolute Gasteiger partial charge is 0.358 e. The lowest BCUT2D eigenvalue weighted by Crippen LogP contribution is -1.97. The quantitative estimate of drug-likeness (QED) is 0.359. The summed E-state index contributed by atoms with van der Waals surface area (Å²) in [4.78, 5) is 13.2. The second-order valence-corrected chi connectivity index (χ2v) is 4.41. The predicted molar refractivity (Wildman–Crippen MR) is 64.8 cm³/mol. The van der Waals surface area contributed by atoms with Gasteiger partial charge in [0.05, 0.1) is 0 Å². The summed E-state index contributed by atoms with van der Waals surface area (Å²) < 4.78 is 1.46. The fourth-order valence-electron chi connectivity index (χ4n) is 0.876. The fraction of sp³-hybridized carbons (Fsp3) is 0.286. The highest BCUT2D eigenvalue weighted by atomic mass is 79.9. The third-order valence-electron chi connectivity index (χ3n) is 1.51. The molecule has 0 N–H and O–H groups in total. The first-order valence-electron chi connectivity index (χ1n) is 3.81. The van der Waals surface area contributed by atoms with Crippen molar-refractivity contribution in [2.75, 3.05) is 5.33 Å². The van der Waals surface area contributed by atoms with E-state index in [-0.39, 0.29) is 16.1 Å². The maximum Gasteiger partial charge on any atom is 0.383 e. The minimum Gasteiger partial charge on any atom is -0.358 e. The SMILES string of the molecule is O=[N+]([O-])c1cn(C(Br)C=CCBr)c(Cl)n1. The zero-order chi connectivity index (χ0) is 11.4. The molecular formula is C7H6Br2ClN3O2. The lowest BCUT2D eigenvalue weighted by Gasteiger charge is -2.03. The maximum atomic E-state index is 10.4. The Hall–Kier alpha value is -0.400. The van der Waals surface area contributed by atoms with Gasteiger partial charge < -0.3 is 10.1 Å². The number of halogens is 3. The Labute approximate surface area is 108 Å². The Kier molecular flexibility index (Phi) is 4.75. The summed E-state index contributed by atoms with van der Waals surface area (Å²) in [7, 11) is 0. The largest absolute Gasteiger partial charge is 0.383 e. The second-order valence-electron chi connectivity index (χ2n) is 2.49. The van der Waals surface area contributed by atoms with Crippen LogP contribution in [0.5, 0.6) is 0 Å². The molecule has 1 aromatic heterocycles. The van der Waals surface area contributed by atoms with Gasteiger partial charge in [-0.2, -0.15) is 0 Å². The first-order chi connectivity index (χ1) is 7.06. The molecule has 1 rings (SSSR count). The number of alkyl halides is 2. The highest BCUT2D eigenvalue weighted by Crippen LogP contribution is 2.25. The number of rotatable bonds is 4. The molecule has 1 unspecified atom stereocenters. The van der Waals surface area contributed by atoms with Crippen molar-refractivity contribution in [1.82, 2.24) is 9.55 Å².